The fourth-order valence-electron chi connectivity index (χ4n) is 1.72. The number of nitrogens with zero attached hydrogens (tertiary/aromatic N) is 2. The van der Waals surface area contributed by atoms with Crippen molar-refractivity contribution in [3.05, 3.63) is 49.6 Å². The van der Waals surface area contributed by atoms with Crippen LogP contribution < -0.4 is 10.2 Å². The lowest BCUT2D eigenvalue weighted by Crippen LogP contribution is -2.39. The lowest BCUT2D eigenvalue weighted by molar-refractivity contribution is -0.142. The van der Waals surface area contributed by atoms with Gasteiger partial charge in [-0.15, -0.1) is 13.2 Å². The van der Waals surface area contributed by atoms with Crippen LogP contribution in [0, 0.1) is 0 Å². The Balaban J connectivity index is 2.72. The molecule has 0 saturated heterocycles. The maximum absolute atomic E-state index is 12.0. The number of hydrogen-bond acceptors (Lipinski definition) is 3. The molecule has 21 heavy (non-hydrogen) atoms. The smallest absolute Gasteiger partial charge is 0.313 e. The van der Waals surface area contributed by atoms with Gasteiger partial charge >= 0.3 is 11.8 Å². The minimum atomic E-state index is -0.670. The van der Waals surface area contributed by atoms with E-state index >= 15 is 0 Å². The molecule has 1 rings (SSSR count). The van der Waals surface area contributed by atoms with Crippen LogP contribution in [0.15, 0.2) is 49.6 Å². The summed E-state index contributed by atoms with van der Waals surface area (Å²) in [6.45, 7) is 7.75. The van der Waals surface area contributed by atoms with E-state index in [0.29, 0.717) is 18.8 Å². The third-order valence-electron chi connectivity index (χ3n) is 2.82. The molecule has 0 aliphatic carbocycles. The van der Waals surface area contributed by atoms with E-state index in [0.717, 1.165) is 5.69 Å². The normalized spacial score (nSPS) is 9.62. The number of rotatable bonds is 6. The highest BCUT2D eigenvalue weighted by atomic mass is 16.2. The van der Waals surface area contributed by atoms with Crippen molar-refractivity contribution in [1.82, 2.24) is 4.90 Å². The van der Waals surface area contributed by atoms with E-state index < -0.39 is 11.8 Å². The first-order valence-corrected chi connectivity index (χ1v) is 6.59. The SMILES string of the molecule is C=CCN(CC=C)C(=O)C(=O)Nc1ccc(N(C)C)cc1. The first-order valence-electron chi connectivity index (χ1n) is 6.59. The van der Waals surface area contributed by atoms with Gasteiger partial charge in [-0.2, -0.15) is 0 Å². The second-order valence-electron chi connectivity index (χ2n) is 4.68. The Morgan fingerprint density at radius 3 is 2.05 bits per heavy atom. The summed E-state index contributed by atoms with van der Waals surface area (Å²) in [5.74, 6) is -1.28. The molecule has 0 atom stereocenters. The maximum Gasteiger partial charge on any atom is 0.313 e. The predicted molar refractivity (Wildman–Crippen MR) is 86.4 cm³/mol. The summed E-state index contributed by atoms with van der Waals surface area (Å²) in [6, 6.07) is 7.24. The van der Waals surface area contributed by atoms with Gasteiger partial charge in [-0.1, -0.05) is 12.2 Å². The van der Waals surface area contributed by atoms with Crippen molar-refractivity contribution in [2.45, 2.75) is 0 Å². The highest BCUT2D eigenvalue weighted by Crippen LogP contribution is 2.15. The highest BCUT2D eigenvalue weighted by Gasteiger charge is 2.19. The molecule has 5 nitrogen and oxygen atoms in total. The van der Waals surface area contributed by atoms with Gasteiger partial charge in [-0.05, 0) is 24.3 Å². The van der Waals surface area contributed by atoms with Crippen LogP contribution in [0.4, 0.5) is 11.4 Å². The van der Waals surface area contributed by atoms with Gasteiger partial charge in [-0.3, -0.25) is 9.59 Å². The second-order valence-corrected chi connectivity index (χ2v) is 4.68. The maximum atomic E-state index is 12.0. The molecule has 0 bridgehead atoms. The number of anilines is 2. The molecule has 0 aliphatic heterocycles. The molecule has 5 heteroatoms. The topological polar surface area (TPSA) is 52.7 Å². The zero-order chi connectivity index (χ0) is 15.8. The second kappa shape index (κ2) is 7.89. The molecule has 0 fully saturated rings. The van der Waals surface area contributed by atoms with E-state index in [2.05, 4.69) is 18.5 Å². The van der Waals surface area contributed by atoms with Gasteiger partial charge < -0.3 is 15.1 Å². The Kier molecular flexibility index (Phi) is 6.20. The van der Waals surface area contributed by atoms with E-state index in [4.69, 9.17) is 0 Å². The van der Waals surface area contributed by atoms with Crippen molar-refractivity contribution < 1.29 is 9.59 Å². The fraction of sp³-hybridized carbons (Fsp3) is 0.250. The number of carbonyl (C=O) groups is 2. The Bertz CT molecular complexity index is 511. The first kappa shape index (κ1) is 16.5. The molecule has 1 N–H and O–H groups in total. The summed E-state index contributed by atoms with van der Waals surface area (Å²) in [7, 11) is 3.86. The van der Waals surface area contributed by atoms with Gasteiger partial charge in [0.2, 0.25) is 0 Å². The number of benzene rings is 1. The minimum Gasteiger partial charge on any atom is -0.378 e. The number of carbonyl (C=O) groups excluding carboxylic acids is 2. The van der Waals surface area contributed by atoms with Crippen LogP contribution in [-0.2, 0) is 9.59 Å². The summed E-state index contributed by atoms with van der Waals surface area (Å²) >= 11 is 0. The molecule has 0 spiro atoms. The average molecular weight is 287 g/mol. The van der Waals surface area contributed by atoms with Crippen molar-refractivity contribution in [2.75, 3.05) is 37.4 Å². The third-order valence-corrected chi connectivity index (χ3v) is 2.82. The molecule has 2 amide bonds. The minimum absolute atomic E-state index is 0.303. The molecule has 112 valence electrons. The Morgan fingerprint density at radius 2 is 1.62 bits per heavy atom. The zero-order valence-corrected chi connectivity index (χ0v) is 12.5. The Labute approximate surface area is 125 Å². The van der Waals surface area contributed by atoms with Crippen LogP contribution in [0.25, 0.3) is 0 Å². The number of hydrogen-bond donors (Lipinski definition) is 1. The van der Waals surface area contributed by atoms with Gasteiger partial charge in [0, 0.05) is 38.6 Å². The Hall–Kier alpha value is -2.56. The number of amides is 2. The van der Waals surface area contributed by atoms with E-state index in [-0.39, 0.29) is 0 Å². The summed E-state index contributed by atoms with van der Waals surface area (Å²) in [6.07, 6.45) is 3.14. The van der Waals surface area contributed by atoms with E-state index in [1.807, 2.05) is 31.1 Å². The average Bonchev–Trinajstić information content (AvgIpc) is 2.46. The first-order chi connectivity index (χ1) is 9.99. The Morgan fingerprint density at radius 1 is 1.10 bits per heavy atom. The predicted octanol–water partition coefficient (Wildman–Crippen LogP) is 1.89. The largest absolute Gasteiger partial charge is 0.378 e. The van der Waals surface area contributed by atoms with E-state index in [1.165, 1.54) is 4.90 Å². The summed E-state index contributed by atoms with van der Waals surface area (Å²) in [5, 5.41) is 2.59. The molecule has 1 aromatic rings. The van der Waals surface area contributed by atoms with E-state index in [9.17, 15) is 9.59 Å². The van der Waals surface area contributed by atoms with Crippen LogP contribution in [0.2, 0.25) is 0 Å². The lowest BCUT2D eigenvalue weighted by atomic mass is 10.2. The molecule has 0 aliphatic rings. The third kappa shape index (κ3) is 4.80. The molecule has 0 radical (unpaired) electrons. The zero-order valence-electron chi connectivity index (χ0n) is 12.5. The highest BCUT2D eigenvalue weighted by molar-refractivity contribution is 6.39. The van der Waals surface area contributed by atoms with Gasteiger partial charge in [0.15, 0.2) is 0 Å². The molecule has 1 aromatic carbocycles. The molecule has 0 aromatic heterocycles. The van der Waals surface area contributed by atoms with Crippen LogP contribution in [0.5, 0.6) is 0 Å². The quantitative estimate of drug-likeness (QED) is 0.642. The van der Waals surface area contributed by atoms with Gasteiger partial charge in [-0.25, -0.2) is 0 Å². The van der Waals surface area contributed by atoms with Crippen LogP contribution in [-0.4, -0.2) is 43.9 Å². The monoisotopic (exact) mass is 287 g/mol. The number of nitrogens with one attached hydrogen (secondary N) is 1. The summed E-state index contributed by atoms with van der Waals surface area (Å²) in [4.78, 5) is 27.3. The van der Waals surface area contributed by atoms with Crippen LogP contribution in [0.1, 0.15) is 0 Å². The molecule has 0 unspecified atom stereocenters. The van der Waals surface area contributed by atoms with Gasteiger partial charge in [0.25, 0.3) is 0 Å². The standard InChI is InChI=1S/C16H21N3O2/c1-5-11-19(12-6-2)16(21)15(20)17-13-7-9-14(10-8-13)18(3)4/h5-10H,1-2,11-12H2,3-4H3,(H,17,20). The molecular weight excluding hydrogens is 266 g/mol. The lowest BCUT2D eigenvalue weighted by Gasteiger charge is -2.18. The molecule has 0 heterocycles. The van der Waals surface area contributed by atoms with Crippen molar-refractivity contribution in [3.63, 3.8) is 0 Å². The van der Waals surface area contributed by atoms with Crippen molar-refractivity contribution in [2.24, 2.45) is 0 Å². The van der Waals surface area contributed by atoms with Gasteiger partial charge in [0.1, 0.15) is 0 Å². The van der Waals surface area contributed by atoms with Crippen molar-refractivity contribution in [3.8, 4) is 0 Å². The van der Waals surface area contributed by atoms with Gasteiger partial charge in [0.05, 0.1) is 0 Å². The fourth-order valence-corrected chi connectivity index (χ4v) is 1.72. The van der Waals surface area contributed by atoms with Crippen molar-refractivity contribution >= 4 is 23.2 Å². The van der Waals surface area contributed by atoms with Crippen LogP contribution >= 0.6 is 0 Å². The van der Waals surface area contributed by atoms with Crippen LogP contribution in [0.3, 0.4) is 0 Å². The summed E-state index contributed by atoms with van der Waals surface area (Å²) in [5.41, 5.74) is 1.59. The molecular formula is C16H21N3O2. The van der Waals surface area contributed by atoms with Crippen molar-refractivity contribution in [1.29, 1.82) is 0 Å². The molecule has 0 saturated carbocycles. The van der Waals surface area contributed by atoms with E-state index in [1.54, 1.807) is 24.3 Å². The summed E-state index contributed by atoms with van der Waals surface area (Å²) < 4.78 is 0.